The average Bonchev–Trinajstić information content (AvgIpc) is 3.39. The van der Waals surface area contributed by atoms with Gasteiger partial charge in [0.05, 0.1) is 11.4 Å². The second-order valence-electron chi connectivity index (χ2n) is 11.4. The number of fused-ring (bicyclic) bond motifs is 5. The van der Waals surface area contributed by atoms with Gasteiger partial charge in [0, 0.05) is 31.3 Å². The lowest BCUT2D eigenvalue weighted by Crippen LogP contribution is -2.30. The van der Waals surface area contributed by atoms with E-state index in [9.17, 15) is 0 Å². The summed E-state index contributed by atoms with van der Waals surface area (Å²) in [5.74, 6) is 0. The largest absolute Gasteiger partial charge is 0.310 e. The van der Waals surface area contributed by atoms with Crippen LogP contribution in [0.3, 0.4) is 0 Å². The summed E-state index contributed by atoms with van der Waals surface area (Å²) in [7, 11) is 0. The highest BCUT2D eigenvalue weighted by Gasteiger charge is 2.37. The minimum absolute atomic E-state index is 0.140. The van der Waals surface area contributed by atoms with Crippen molar-refractivity contribution in [3.63, 3.8) is 0 Å². The Morgan fingerprint density at radius 1 is 0.463 bits per heavy atom. The molecule has 0 unspecified atom stereocenters. The molecule has 0 saturated carbocycles. The Morgan fingerprint density at radius 2 is 1.07 bits per heavy atom. The van der Waals surface area contributed by atoms with Crippen molar-refractivity contribution in [2.75, 3.05) is 4.90 Å². The van der Waals surface area contributed by atoms with Crippen molar-refractivity contribution in [1.82, 2.24) is 0 Å². The van der Waals surface area contributed by atoms with Crippen LogP contribution in [0.5, 0.6) is 0 Å². The van der Waals surface area contributed by atoms with Gasteiger partial charge in [0.2, 0.25) is 0 Å². The maximum absolute atomic E-state index is 2.50. The predicted octanol–water partition coefficient (Wildman–Crippen LogP) is 11.5. The summed E-state index contributed by atoms with van der Waals surface area (Å²) in [6, 6.07) is 51.1. The molecule has 2 heteroatoms. The molecule has 0 radical (unpaired) electrons. The summed E-state index contributed by atoms with van der Waals surface area (Å²) in [4.78, 5) is 2.50. The van der Waals surface area contributed by atoms with Crippen molar-refractivity contribution in [3.05, 3.63) is 151 Å². The summed E-state index contributed by atoms with van der Waals surface area (Å²) in [6.45, 7) is 4.75. The zero-order valence-corrected chi connectivity index (χ0v) is 24.0. The molecule has 0 spiro atoms. The molecule has 1 aliphatic heterocycles. The summed E-state index contributed by atoms with van der Waals surface area (Å²) < 4.78 is 2.66. The van der Waals surface area contributed by atoms with Crippen LogP contribution in [0.15, 0.2) is 140 Å². The third kappa shape index (κ3) is 3.83. The van der Waals surface area contributed by atoms with Crippen LogP contribution < -0.4 is 4.90 Å². The van der Waals surface area contributed by atoms with E-state index in [4.69, 9.17) is 0 Å². The summed E-state index contributed by atoms with van der Waals surface area (Å²) in [5, 5.41) is 2.69. The Labute approximate surface area is 245 Å². The molecule has 0 aliphatic carbocycles. The van der Waals surface area contributed by atoms with Gasteiger partial charge >= 0.3 is 0 Å². The van der Waals surface area contributed by atoms with Gasteiger partial charge in [0.1, 0.15) is 0 Å². The highest BCUT2D eigenvalue weighted by Crippen LogP contribution is 2.54. The first-order valence-electron chi connectivity index (χ1n) is 14.2. The number of hydrogen-bond donors (Lipinski definition) is 0. The van der Waals surface area contributed by atoms with E-state index in [1.807, 2.05) is 11.3 Å². The minimum atomic E-state index is -0.140. The Morgan fingerprint density at radius 3 is 1.78 bits per heavy atom. The lowest BCUT2D eigenvalue weighted by molar-refractivity contribution is 0.633. The van der Waals surface area contributed by atoms with Crippen molar-refractivity contribution < 1.29 is 0 Å². The lowest BCUT2D eigenvalue weighted by Gasteiger charge is -2.42. The van der Waals surface area contributed by atoms with Gasteiger partial charge in [0.25, 0.3) is 0 Å². The zero-order chi connectivity index (χ0) is 27.6. The third-order valence-corrected chi connectivity index (χ3v) is 9.75. The van der Waals surface area contributed by atoms with Crippen molar-refractivity contribution in [2.45, 2.75) is 19.3 Å². The molecule has 2 heterocycles. The Hall–Kier alpha value is -4.66. The molecule has 1 aliphatic rings. The fourth-order valence-electron chi connectivity index (χ4n) is 6.53. The molecule has 6 aromatic carbocycles. The first-order valence-corrected chi connectivity index (χ1v) is 15.0. The third-order valence-electron chi connectivity index (χ3n) is 8.62. The van der Waals surface area contributed by atoms with Gasteiger partial charge in [-0.3, -0.25) is 0 Å². The second-order valence-corrected chi connectivity index (χ2v) is 12.5. The maximum atomic E-state index is 2.50. The molecule has 0 bridgehead atoms. The van der Waals surface area contributed by atoms with E-state index < -0.39 is 0 Å². The van der Waals surface area contributed by atoms with E-state index in [0.29, 0.717) is 0 Å². The van der Waals surface area contributed by atoms with Crippen molar-refractivity contribution >= 4 is 48.6 Å². The maximum Gasteiger partial charge on any atom is 0.0517 e. The number of hydrogen-bond acceptors (Lipinski definition) is 2. The van der Waals surface area contributed by atoms with E-state index in [1.165, 1.54) is 70.6 Å². The first kappa shape index (κ1) is 24.2. The number of anilines is 3. The van der Waals surface area contributed by atoms with Crippen LogP contribution in [0.1, 0.15) is 25.0 Å². The van der Waals surface area contributed by atoms with Gasteiger partial charge < -0.3 is 4.90 Å². The molecule has 0 amide bonds. The number of benzene rings is 6. The number of para-hydroxylation sites is 1. The molecule has 1 aromatic heterocycles. The smallest absolute Gasteiger partial charge is 0.0517 e. The Kier molecular flexibility index (Phi) is 5.42. The van der Waals surface area contributed by atoms with E-state index in [0.717, 1.165) is 0 Å². The molecular formula is C39H29NS. The molecule has 8 rings (SSSR count). The predicted molar refractivity (Wildman–Crippen MR) is 177 cm³/mol. The van der Waals surface area contributed by atoms with Crippen molar-refractivity contribution in [1.29, 1.82) is 0 Å². The highest BCUT2D eigenvalue weighted by molar-refractivity contribution is 7.25. The molecule has 7 aromatic rings. The van der Waals surface area contributed by atoms with Gasteiger partial charge in [-0.1, -0.05) is 111 Å². The van der Waals surface area contributed by atoms with Crippen LogP contribution in [0.4, 0.5) is 17.1 Å². The van der Waals surface area contributed by atoms with Gasteiger partial charge in [-0.25, -0.2) is 0 Å². The summed E-state index contributed by atoms with van der Waals surface area (Å²) in [6.07, 6.45) is 0. The minimum Gasteiger partial charge on any atom is -0.310 e. The summed E-state index contributed by atoms with van der Waals surface area (Å²) >= 11 is 1.89. The van der Waals surface area contributed by atoms with E-state index in [1.54, 1.807) is 0 Å². The van der Waals surface area contributed by atoms with Crippen LogP contribution in [0.2, 0.25) is 0 Å². The lowest BCUT2D eigenvalue weighted by atomic mass is 9.73. The van der Waals surface area contributed by atoms with Crippen LogP contribution in [-0.2, 0) is 5.41 Å². The Balaban J connectivity index is 1.44. The van der Waals surface area contributed by atoms with Gasteiger partial charge in [-0.2, -0.15) is 0 Å². The van der Waals surface area contributed by atoms with Gasteiger partial charge in [0.15, 0.2) is 0 Å². The number of rotatable bonds is 3. The normalized spacial score (nSPS) is 13.8. The van der Waals surface area contributed by atoms with E-state index >= 15 is 0 Å². The fraction of sp³-hybridized carbons (Fsp3) is 0.0769. The van der Waals surface area contributed by atoms with Crippen LogP contribution in [0.25, 0.3) is 42.4 Å². The molecule has 0 atom stereocenters. The van der Waals surface area contributed by atoms with Gasteiger partial charge in [-0.05, 0) is 75.8 Å². The molecular weight excluding hydrogens is 515 g/mol. The van der Waals surface area contributed by atoms with E-state index in [2.05, 4.69) is 158 Å². The number of thiophene rings is 1. The van der Waals surface area contributed by atoms with Crippen LogP contribution in [0, 0.1) is 0 Å². The molecule has 0 saturated heterocycles. The van der Waals surface area contributed by atoms with E-state index in [-0.39, 0.29) is 5.41 Å². The zero-order valence-electron chi connectivity index (χ0n) is 23.1. The van der Waals surface area contributed by atoms with Gasteiger partial charge in [-0.15, -0.1) is 11.3 Å². The molecule has 0 fully saturated rings. The van der Waals surface area contributed by atoms with Crippen LogP contribution >= 0.6 is 11.3 Å². The summed E-state index contributed by atoms with van der Waals surface area (Å²) in [5.41, 5.74) is 11.1. The Bertz CT molecular complexity index is 2010. The molecule has 196 valence electrons. The quantitative estimate of drug-likeness (QED) is 0.214. The topological polar surface area (TPSA) is 3.24 Å². The highest BCUT2D eigenvalue weighted by atomic mass is 32.1. The average molecular weight is 544 g/mol. The second kappa shape index (κ2) is 9.19. The van der Waals surface area contributed by atoms with Crippen molar-refractivity contribution in [2.24, 2.45) is 0 Å². The standard InChI is InChI=1S/C39H29NS/c1-39(2)33-18-10-11-19-35(33)40(36-25-38-32(24-34(36)39)31-17-9-12-20-37(31)41-38)30-22-28(26-13-5-3-6-14-26)21-29(23-30)27-15-7-4-8-16-27/h3-25H,1-2H3. The molecule has 1 nitrogen and oxygen atoms in total. The van der Waals surface area contributed by atoms with Crippen molar-refractivity contribution in [3.8, 4) is 22.3 Å². The molecule has 41 heavy (non-hydrogen) atoms. The SMILES string of the molecule is CC1(C)c2ccccc2N(c2cc(-c3ccccc3)cc(-c3ccccc3)c2)c2cc3sc4ccccc4c3cc21. The van der Waals surface area contributed by atoms with Crippen LogP contribution in [-0.4, -0.2) is 0 Å². The monoisotopic (exact) mass is 543 g/mol. The molecule has 0 N–H and O–H groups in total. The number of nitrogens with zero attached hydrogens (tertiary/aromatic N) is 1. The fourth-order valence-corrected chi connectivity index (χ4v) is 7.65. The first-order chi connectivity index (χ1) is 20.1.